The molecule has 2 aromatic rings. The van der Waals surface area contributed by atoms with Crippen LogP contribution in [-0.2, 0) is 0 Å². The molecule has 194 valence electrons. The summed E-state index contributed by atoms with van der Waals surface area (Å²) >= 11 is 6.56. The first-order chi connectivity index (χ1) is 16.9. The van der Waals surface area contributed by atoms with Gasteiger partial charge < -0.3 is 34.5 Å². The highest BCUT2D eigenvalue weighted by atomic mass is 35.5. The number of hydrogen-bond acceptors (Lipinski definition) is 6. The molecule has 1 aromatic heterocycles. The Morgan fingerprint density at radius 1 is 1.19 bits per heavy atom. The molecule has 2 amide bonds. The van der Waals surface area contributed by atoms with Gasteiger partial charge in [-0.2, -0.15) is 0 Å². The number of aryl methyl sites for hydroxylation is 1. The van der Waals surface area contributed by atoms with Gasteiger partial charge in [-0.05, 0) is 45.6 Å². The molecule has 2 aliphatic rings. The number of fused-ring (bicyclic) bond motifs is 1. The Kier molecular flexibility index (Phi) is 6.83. The Labute approximate surface area is 213 Å². The first-order valence-electron chi connectivity index (χ1n) is 11.7. The highest BCUT2D eigenvalue weighted by molar-refractivity contribution is 6.33. The van der Waals surface area contributed by atoms with Crippen LogP contribution in [0.5, 0.6) is 17.2 Å². The molecule has 10 nitrogen and oxygen atoms in total. The van der Waals surface area contributed by atoms with Crippen molar-refractivity contribution in [2.75, 3.05) is 19.1 Å². The van der Waals surface area contributed by atoms with E-state index >= 15 is 0 Å². The van der Waals surface area contributed by atoms with Crippen molar-refractivity contribution < 1.29 is 28.9 Å². The first-order valence-corrected chi connectivity index (χ1v) is 12.1. The quantitative estimate of drug-likeness (QED) is 0.538. The van der Waals surface area contributed by atoms with Crippen LogP contribution in [0.1, 0.15) is 54.2 Å². The molecule has 1 fully saturated rings. The zero-order chi connectivity index (χ0) is 26.4. The lowest BCUT2D eigenvalue weighted by Crippen LogP contribution is -2.47. The molecule has 0 spiro atoms. The lowest BCUT2D eigenvalue weighted by Gasteiger charge is -2.37. The Morgan fingerprint density at radius 3 is 2.44 bits per heavy atom. The molecule has 1 aromatic carbocycles. The van der Waals surface area contributed by atoms with Crippen LogP contribution in [-0.4, -0.2) is 48.1 Å². The zero-order valence-electron chi connectivity index (χ0n) is 20.9. The van der Waals surface area contributed by atoms with Gasteiger partial charge in [0.05, 0.1) is 12.1 Å². The van der Waals surface area contributed by atoms with Crippen LogP contribution >= 0.6 is 11.6 Å². The van der Waals surface area contributed by atoms with Crippen LogP contribution in [0.4, 0.5) is 10.5 Å². The van der Waals surface area contributed by atoms with Crippen LogP contribution in [0.15, 0.2) is 16.9 Å². The van der Waals surface area contributed by atoms with E-state index in [0.29, 0.717) is 48.4 Å². The fraction of sp³-hybridized carbons (Fsp3) is 0.480. The average Bonchev–Trinajstić information content (AvgIpc) is 3.19. The number of nitrogens with one attached hydrogen (secondary N) is 2. The SMILES string of the molecule is COc1cc(C)[nH]c(=O)c1N(C)C(=O)c1cc(Cl)c2c(c1C)OC(C)(C1CCC(NC(=O)O)CC1)O2. The first kappa shape index (κ1) is 25.7. The molecule has 1 atom stereocenters. The molecule has 1 unspecified atom stereocenters. The molecule has 4 rings (SSSR count). The third-order valence-electron chi connectivity index (χ3n) is 7.04. The maximum Gasteiger partial charge on any atom is 0.404 e. The molecule has 0 saturated heterocycles. The van der Waals surface area contributed by atoms with Crippen molar-refractivity contribution in [3.05, 3.63) is 44.3 Å². The van der Waals surface area contributed by atoms with E-state index in [2.05, 4.69) is 10.3 Å². The minimum absolute atomic E-state index is 0.00409. The molecule has 11 heteroatoms. The van der Waals surface area contributed by atoms with Crippen molar-refractivity contribution in [1.29, 1.82) is 0 Å². The van der Waals surface area contributed by atoms with Gasteiger partial charge in [0.1, 0.15) is 5.75 Å². The summed E-state index contributed by atoms with van der Waals surface area (Å²) in [5, 5.41) is 11.7. The standard InChI is InChI=1S/C25H30ClN3O7/c1-12-10-18(34-5)19(22(30)27-12)29(4)23(31)16-11-17(26)21-20(13(16)2)35-25(3,36-21)14-6-8-15(9-7-14)28-24(32)33/h10-11,14-15,28H,6-9H2,1-5H3,(H,27,30)(H,32,33). The lowest BCUT2D eigenvalue weighted by molar-refractivity contribution is -0.121. The number of halogens is 1. The van der Waals surface area contributed by atoms with Gasteiger partial charge >= 0.3 is 6.09 Å². The molecule has 1 saturated carbocycles. The van der Waals surface area contributed by atoms with Gasteiger partial charge in [0.15, 0.2) is 17.2 Å². The molecule has 36 heavy (non-hydrogen) atoms. The predicted octanol–water partition coefficient (Wildman–Crippen LogP) is 4.24. The largest absolute Gasteiger partial charge is 0.494 e. The molecule has 1 aliphatic heterocycles. The van der Waals surface area contributed by atoms with Crippen molar-refractivity contribution >= 4 is 29.3 Å². The monoisotopic (exact) mass is 519 g/mol. The van der Waals surface area contributed by atoms with Crippen molar-refractivity contribution in [3.8, 4) is 17.2 Å². The number of hydrogen-bond donors (Lipinski definition) is 3. The van der Waals surface area contributed by atoms with Crippen molar-refractivity contribution in [3.63, 3.8) is 0 Å². The van der Waals surface area contributed by atoms with Crippen molar-refractivity contribution in [1.82, 2.24) is 10.3 Å². The second kappa shape index (κ2) is 9.57. The molecular weight excluding hydrogens is 490 g/mol. The van der Waals surface area contributed by atoms with Crippen LogP contribution in [0.3, 0.4) is 0 Å². The van der Waals surface area contributed by atoms with Gasteiger partial charge in [-0.25, -0.2) is 4.79 Å². The van der Waals surface area contributed by atoms with Gasteiger partial charge in [-0.15, -0.1) is 0 Å². The summed E-state index contributed by atoms with van der Waals surface area (Å²) in [6.07, 6.45) is 1.72. The fourth-order valence-electron chi connectivity index (χ4n) is 5.08. The Bertz CT molecular complexity index is 1270. The number of anilines is 1. The third kappa shape index (κ3) is 4.57. The van der Waals surface area contributed by atoms with E-state index in [-0.39, 0.29) is 34.0 Å². The molecule has 2 heterocycles. The van der Waals surface area contributed by atoms with Crippen molar-refractivity contribution in [2.24, 2.45) is 5.92 Å². The number of ether oxygens (including phenoxy) is 3. The summed E-state index contributed by atoms with van der Waals surface area (Å²) in [6.45, 7) is 5.31. The van der Waals surface area contributed by atoms with E-state index in [1.54, 1.807) is 19.9 Å². The number of aromatic nitrogens is 1. The molecule has 0 radical (unpaired) electrons. The van der Waals surface area contributed by atoms with Gasteiger partial charge in [-0.1, -0.05) is 11.6 Å². The minimum Gasteiger partial charge on any atom is -0.494 e. The maximum absolute atomic E-state index is 13.5. The number of carbonyl (C=O) groups excluding carboxylic acids is 1. The maximum atomic E-state index is 13.5. The number of pyridine rings is 1. The Morgan fingerprint density at radius 2 is 1.83 bits per heavy atom. The second-order valence-electron chi connectivity index (χ2n) is 9.47. The number of aromatic amines is 1. The minimum atomic E-state index is -1.03. The van der Waals surface area contributed by atoms with Gasteiger partial charge in [0.2, 0.25) is 0 Å². The van der Waals surface area contributed by atoms with Crippen LogP contribution in [0.2, 0.25) is 5.02 Å². The number of nitrogens with zero attached hydrogens (tertiary/aromatic N) is 1. The summed E-state index contributed by atoms with van der Waals surface area (Å²) in [5.74, 6) is -0.427. The fourth-order valence-corrected chi connectivity index (χ4v) is 5.31. The van der Waals surface area contributed by atoms with Crippen LogP contribution in [0.25, 0.3) is 0 Å². The number of carbonyl (C=O) groups is 2. The van der Waals surface area contributed by atoms with E-state index in [1.807, 2.05) is 6.92 Å². The van der Waals surface area contributed by atoms with Gasteiger partial charge in [-0.3, -0.25) is 9.59 Å². The normalized spacial score (nSPS) is 22.7. The second-order valence-corrected chi connectivity index (χ2v) is 9.88. The van der Waals surface area contributed by atoms with Gasteiger partial charge in [0, 0.05) is 48.8 Å². The van der Waals surface area contributed by atoms with Crippen LogP contribution < -0.4 is 30.0 Å². The summed E-state index contributed by atoms with van der Waals surface area (Å²) in [6, 6.07) is 3.07. The molecule has 3 N–H and O–H groups in total. The summed E-state index contributed by atoms with van der Waals surface area (Å²) in [4.78, 5) is 41.0. The molecular formula is C25H30ClN3O7. The lowest BCUT2D eigenvalue weighted by atomic mass is 9.81. The van der Waals surface area contributed by atoms with E-state index in [1.165, 1.54) is 25.1 Å². The predicted molar refractivity (Wildman–Crippen MR) is 134 cm³/mol. The molecule has 0 bridgehead atoms. The summed E-state index contributed by atoms with van der Waals surface area (Å²) in [5.41, 5.74) is 1.05. The van der Waals surface area contributed by atoms with E-state index in [4.69, 9.17) is 30.9 Å². The number of amides is 2. The average molecular weight is 520 g/mol. The highest BCUT2D eigenvalue weighted by Gasteiger charge is 2.47. The Balaban J connectivity index is 1.60. The third-order valence-corrected chi connectivity index (χ3v) is 7.32. The topological polar surface area (TPSA) is 130 Å². The number of methoxy groups -OCH3 is 1. The summed E-state index contributed by atoms with van der Waals surface area (Å²) in [7, 11) is 2.93. The summed E-state index contributed by atoms with van der Waals surface area (Å²) < 4.78 is 17.9. The smallest absolute Gasteiger partial charge is 0.404 e. The van der Waals surface area contributed by atoms with E-state index < -0.39 is 23.3 Å². The highest BCUT2D eigenvalue weighted by Crippen LogP contribution is 2.51. The molecule has 1 aliphatic carbocycles. The number of carboxylic acid groups (broad SMARTS) is 1. The van der Waals surface area contributed by atoms with Crippen LogP contribution in [0, 0.1) is 19.8 Å². The van der Waals surface area contributed by atoms with Gasteiger partial charge in [0.25, 0.3) is 17.3 Å². The van der Waals surface area contributed by atoms with Crippen molar-refractivity contribution in [2.45, 2.75) is 58.3 Å². The van der Waals surface area contributed by atoms with E-state index in [9.17, 15) is 14.4 Å². The zero-order valence-corrected chi connectivity index (χ0v) is 21.6. The number of rotatable bonds is 5. The van der Waals surface area contributed by atoms with E-state index in [0.717, 1.165) is 0 Å². The number of benzene rings is 1. The Hall–Kier alpha value is -3.40. The number of H-pyrrole nitrogens is 1.